The van der Waals surface area contributed by atoms with Gasteiger partial charge in [-0.3, -0.25) is 14.7 Å². The first-order valence-corrected chi connectivity index (χ1v) is 11.4. The third-order valence-corrected chi connectivity index (χ3v) is 6.83. The second-order valence-corrected chi connectivity index (χ2v) is 9.04. The first kappa shape index (κ1) is 19.5. The van der Waals surface area contributed by atoms with Crippen molar-refractivity contribution >= 4 is 17.7 Å². The zero-order valence-electron chi connectivity index (χ0n) is 16.7. The second kappa shape index (κ2) is 8.66. The summed E-state index contributed by atoms with van der Waals surface area (Å²) in [5.74, 6) is 3.46. The zero-order valence-corrected chi connectivity index (χ0v) is 17.5. The first-order chi connectivity index (χ1) is 13.6. The number of pyridine rings is 1. The van der Waals surface area contributed by atoms with Crippen molar-refractivity contribution in [2.24, 2.45) is 0 Å². The Hall–Kier alpha value is -1.86. The fourth-order valence-corrected chi connectivity index (χ4v) is 5.19. The molecule has 28 heavy (non-hydrogen) atoms. The van der Waals surface area contributed by atoms with Crippen LogP contribution in [0.2, 0.25) is 0 Å². The number of fused-ring (bicyclic) bond motifs is 1. The Morgan fingerprint density at radius 1 is 1.29 bits per heavy atom. The molecule has 4 rings (SSSR count). The van der Waals surface area contributed by atoms with E-state index in [-0.39, 0.29) is 11.9 Å². The Bertz CT molecular complexity index is 804. The van der Waals surface area contributed by atoms with Crippen LogP contribution in [0.3, 0.4) is 0 Å². The summed E-state index contributed by atoms with van der Waals surface area (Å²) < 4.78 is 2.17. The van der Waals surface area contributed by atoms with E-state index >= 15 is 0 Å². The molecule has 4 heterocycles. The molecule has 1 unspecified atom stereocenters. The molecule has 1 atom stereocenters. The molecule has 1 saturated heterocycles. The minimum Gasteiger partial charge on any atom is -0.343 e. The van der Waals surface area contributed by atoms with E-state index in [9.17, 15) is 4.79 Å². The molecule has 1 fully saturated rings. The molecule has 7 heteroatoms. The van der Waals surface area contributed by atoms with Gasteiger partial charge in [0.1, 0.15) is 11.5 Å². The van der Waals surface area contributed by atoms with Crippen LogP contribution in [0, 0.1) is 6.92 Å². The third kappa shape index (κ3) is 4.41. The monoisotopic (exact) mass is 399 g/mol. The molecule has 0 spiro atoms. The van der Waals surface area contributed by atoms with E-state index in [0.29, 0.717) is 5.69 Å². The molecule has 0 aliphatic carbocycles. The van der Waals surface area contributed by atoms with E-state index in [1.807, 2.05) is 32.2 Å². The maximum atomic E-state index is 12.7. The van der Waals surface area contributed by atoms with E-state index in [4.69, 9.17) is 0 Å². The molecule has 0 aromatic carbocycles. The summed E-state index contributed by atoms with van der Waals surface area (Å²) in [6.07, 6.45) is 7.20. The number of amides is 1. The van der Waals surface area contributed by atoms with Crippen LogP contribution < -0.4 is 5.32 Å². The lowest BCUT2D eigenvalue weighted by Crippen LogP contribution is -2.39. The van der Waals surface area contributed by atoms with Gasteiger partial charge in [-0.15, -0.1) is 0 Å². The van der Waals surface area contributed by atoms with Crippen molar-refractivity contribution in [1.29, 1.82) is 0 Å². The lowest BCUT2D eigenvalue weighted by molar-refractivity contribution is 0.0934. The Morgan fingerprint density at radius 2 is 2.11 bits per heavy atom. The molecule has 1 N–H and O–H groups in total. The number of hydrogen-bond acceptors (Lipinski definition) is 5. The molecule has 6 nitrogen and oxygen atoms in total. The molecule has 2 aromatic rings. The minimum absolute atomic E-state index is 0.127. The topological polar surface area (TPSA) is 63.1 Å². The number of imidazole rings is 1. The number of rotatable bonds is 4. The molecule has 2 aliphatic rings. The highest BCUT2D eigenvalue weighted by molar-refractivity contribution is 7.99. The summed E-state index contributed by atoms with van der Waals surface area (Å²) in [4.78, 5) is 24.3. The summed E-state index contributed by atoms with van der Waals surface area (Å²) >= 11 is 2.07. The smallest absolute Gasteiger partial charge is 0.272 e. The predicted molar refractivity (Wildman–Crippen MR) is 113 cm³/mol. The summed E-state index contributed by atoms with van der Waals surface area (Å²) in [6.45, 7) is 6.98. The highest BCUT2D eigenvalue weighted by Gasteiger charge is 2.25. The van der Waals surface area contributed by atoms with Crippen LogP contribution in [0.1, 0.15) is 53.4 Å². The third-order valence-electron chi connectivity index (χ3n) is 5.78. The Morgan fingerprint density at radius 3 is 2.89 bits per heavy atom. The van der Waals surface area contributed by atoms with Crippen molar-refractivity contribution in [1.82, 2.24) is 24.8 Å². The van der Waals surface area contributed by atoms with Crippen molar-refractivity contribution in [2.45, 2.75) is 51.7 Å². The number of aryl methyl sites for hydroxylation is 1. The number of thioether (sulfide) groups is 1. The number of aromatic nitrogens is 3. The summed E-state index contributed by atoms with van der Waals surface area (Å²) in [6, 6.07) is 4.54. The fourth-order valence-electron chi connectivity index (χ4n) is 4.10. The predicted octanol–water partition coefficient (Wildman–Crippen LogP) is 2.83. The fraction of sp³-hybridized carbons (Fsp3) is 0.571. The molecule has 0 bridgehead atoms. The average Bonchev–Trinajstić information content (AvgIpc) is 3.02. The summed E-state index contributed by atoms with van der Waals surface area (Å²) in [5.41, 5.74) is 2.52. The van der Waals surface area contributed by atoms with E-state index in [1.165, 1.54) is 24.3 Å². The number of carbonyl (C=O) groups is 1. The van der Waals surface area contributed by atoms with Crippen molar-refractivity contribution in [2.75, 3.05) is 24.6 Å². The van der Waals surface area contributed by atoms with Gasteiger partial charge in [-0.25, -0.2) is 4.98 Å². The van der Waals surface area contributed by atoms with Crippen molar-refractivity contribution < 1.29 is 4.79 Å². The summed E-state index contributed by atoms with van der Waals surface area (Å²) in [7, 11) is 0. The number of nitrogens with zero attached hydrogens (tertiary/aromatic N) is 4. The van der Waals surface area contributed by atoms with Crippen molar-refractivity contribution in [3.8, 4) is 0 Å². The molecule has 0 saturated carbocycles. The van der Waals surface area contributed by atoms with Crippen LogP contribution in [-0.4, -0.2) is 56.0 Å². The minimum atomic E-state index is -0.145. The maximum absolute atomic E-state index is 12.7. The van der Waals surface area contributed by atoms with Gasteiger partial charge in [0.15, 0.2) is 0 Å². The molecule has 150 valence electrons. The second-order valence-electron chi connectivity index (χ2n) is 7.82. The number of carbonyl (C=O) groups excluding carboxylic acids is 1. The highest BCUT2D eigenvalue weighted by Crippen LogP contribution is 2.23. The first-order valence-electron chi connectivity index (χ1n) is 10.2. The number of nitrogens with one attached hydrogen (secondary N) is 1. The van der Waals surface area contributed by atoms with E-state index < -0.39 is 0 Å². The SMILES string of the molecule is Cc1ccnc(C(C)NC(=O)c2cn3c(n2)CCN(C2CCSCC2)CC3)c1. The van der Waals surface area contributed by atoms with Gasteiger partial charge >= 0.3 is 0 Å². The van der Waals surface area contributed by atoms with Gasteiger partial charge in [0.25, 0.3) is 5.91 Å². The van der Waals surface area contributed by atoms with E-state index in [0.717, 1.165) is 49.2 Å². The van der Waals surface area contributed by atoms with E-state index in [2.05, 4.69) is 36.5 Å². The van der Waals surface area contributed by atoms with Gasteiger partial charge in [0, 0.05) is 44.5 Å². The van der Waals surface area contributed by atoms with Crippen LogP contribution in [0.15, 0.2) is 24.5 Å². The number of hydrogen-bond donors (Lipinski definition) is 1. The Balaban J connectivity index is 1.38. The van der Waals surface area contributed by atoms with Gasteiger partial charge in [-0.2, -0.15) is 11.8 Å². The van der Waals surface area contributed by atoms with Gasteiger partial charge in [-0.1, -0.05) is 0 Å². The standard InChI is InChI=1S/C21H29N5OS/c1-15-3-7-22-18(13-15)16(2)23-21(27)19-14-26-10-9-25(8-4-20(26)24-19)17-5-11-28-12-6-17/h3,7,13-14,16-17H,4-6,8-12H2,1-2H3,(H,23,27). The van der Waals surface area contributed by atoms with Gasteiger partial charge in [0.05, 0.1) is 11.7 Å². The lowest BCUT2D eigenvalue weighted by atomic mass is 10.1. The van der Waals surface area contributed by atoms with Crippen LogP contribution >= 0.6 is 11.8 Å². The zero-order chi connectivity index (χ0) is 19.5. The van der Waals surface area contributed by atoms with Gasteiger partial charge < -0.3 is 9.88 Å². The van der Waals surface area contributed by atoms with Crippen LogP contribution in [-0.2, 0) is 13.0 Å². The van der Waals surface area contributed by atoms with Crippen LogP contribution in [0.5, 0.6) is 0 Å². The molecule has 1 amide bonds. The molecule has 2 aliphatic heterocycles. The van der Waals surface area contributed by atoms with E-state index in [1.54, 1.807) is 6.20 Å². The molecule has 0 radical (unpaired) electrons. The Labute approximate surface area is 171 Å². The quantitative estimate of drug-likeness (QED) is 0.857. The van der Waals surface area contributed by atoms with Crippen molar-refractivity contribution in [3.05, 3.63) is 47.3 Å². The normalized spacial score (nSPS) is 19.6. The van der Waals surface area contributed by atoms with Gasteiger partial charge in [-0.05, 0) is 55.9 Å². The maximum Gasteiger partial charge on any atom is 0.272 e. The largest absolute Gasteiger partial charge is 0.343 e. The average molecular weight is 400 g/mol. The lowest BCUT2D eigenvalue weighted by Gasteiger charge is -2.32. The van der Waals surface area contributed by atoms with Crippen LogP contribution in [0.4, 0.5) is 0 Å². The van der Waals surface area contributed by atoms with Gasteiger partial charge in [0.2, 0.25) is 0 Å². The molecular weight excluding hydrogens is 370 g/mol. The highest BCUT2D eigenvalue weighted by atomic mass is 32.2. The summed E-state index contributed by atoms with van der Waals surface area (Å²) in [5, 5.41) is 3.03. The molecular formula is C21H29N5OS. The Kier molecular flexibility index (Phi) is 6.01. The molecule has 2 aromatic heterocycles. The van der Waals surface area contributed by atoms with Crippen molar-refractivity contribution in [3.63, 3.8) is 0 Å². The van der Waals surface area contributed by atoms with Crippen LogP contribution in [0.25, 0.3) is 0 Å².